The first-order valence-corrected chi connectivity index (χ1v) is 6.55. The fraction of sp³-hybridized carbons (Fsp3) is 0.533. The predicted octanol–water partition coefficient (Wildman–Crippen LogP) is 1.52. The van der Waals surface area contributed by atoms with Crippen molar-refractivity contribution < 1.29 is 28.7 Å². The Labute approximate surface area is 125 Å². The van der Waals surface area contributed by atoms with Crippen molar-refractivity contribution in [2.45, 2.75) is 32.7 Å². The molecule has 1 N–H and O–H groups in total. The number of nitrogens with zero attached hydrogens (tertiary/aromatic N) is 1. The van der Waals surface area contributed by atoms with Crippen LogP contribution in [0.3, 0.4) is 0 Å². The van der Waals surface area contributed by atoms with Crippen LogP contribution in [0.2, 0.25) is 0 Å². The number of hydrogen-bond donors (Lipinski definition) is 1. The van der Waals surface area contributed by atoms with Gasteiger partial charge in [-0.2, -0.15) is 0 Å². The van der Waals surface area contributed by atoms with Crippen LogP contribution in [0.4, 0.5) is 0 Å². The zero-order valence-corrected chi connectivity index (χ0v) is 13.5. The van der Waals surface area contributed by atoms with Crippen LogP contribution in [0, 0.1) is 0 Å². The van der Waals surface area contributed by atoms with Crippen molar-refractivity contribution in [3.05, 3.63) is 23.8 Å². The summed E-state index contributed by atoms with van der Waals surface area (Å²) in [5.41, 5.74) is -1.11. The molecule has 6 heteroatoms. The standard InChI is InChI=1S/C15H23NO5/c1-8-15(14(19)20,16(5,6)7)9-11(4)13(18)21-12(17)10(2)3/h9H,2,8H2,1,3-7H3/p+1. The van der Waals surface area contributed by atoms with Gasteiger partial charge in [0.25, 0.3) is 0 Å². The summed E-state index contributed by atoms with van der Waals surface area (Å²) in [6.45, 7) is 7.96. The maximum absolute atomic E-state index is 11.8. The van der Waals surface area contributed by atoms with Crippen LogP contribution < -0.4 is 0 Å². The molecule has 0 aliphatic carbocycles. The Bertz CT molecular complexity index is 499. The minimum Gasteiger partial charge on any atom is -0.476 e. The normalized spacial score (nSPS) is 15.0. The fourth-order valence-corrected chi connectivity index (χ4v) is 1.94. The summed E-state index contributed by atoms with van der Waals surface area (Å²) < 4.78 is 4.71. The number of ether oxygens (including phenoxy) is 1. The zero-order chi connectivity index (χ0) is 17.0. The third kappa shape index (κ3) is 4.26. The van der Waals surface area contributed by atoms with Crippen LogP contribution in [0.15, 0.2) is 23.8 Å². The molecule has 0 aromatic heterocycles. The van der Waals surface area contributed by atoms with Crippen molar-refractivity contribution >= 4 is 17.9 Å². The summed E-state index contributed by atoms with van der Waals surface area (Å²) >= 11 is 0. The number of esters is 2. The van der Waals surface area contributed by atoms with Crippen molar-refractivity contribution in [3.63, 3.8) is 0 Å². The molecule has 0 rings (SSSR count). The van der Waals surface area contributed by atoms with E-state index < -0.39 is 23.4 Å². The molecule has 0 amide bonds. The van der Waals surface area contributed by atoms with Crippen LogP contribution in [0.5, 0.6) is 0 Å². The quantitative estimate of drug-likeness (QED) is 0.348. The first-order chi connectivity index (χ1) is 9.39. The lowest BCUT2D eigenvalue weighted by Gasteiger charge is -2.40. The Kier molecular flexibility index (Phi) is 6.05. The molecule has 0 bridgehead atoms. The molecule has 1 unspecified atom stereocenters. The number of hydrogen-bond acceptors (Lipinski definition) is 4. The maximum Gasteiger partial charge on any atom is 0.370 e. The van der Waals surface area contributed by atoms with Gasteiger partial charge < -0.3 is 14.3 Å². The van der Waals surface area contributed by atoms with Gasteiger partial charge in [0.05, 0.1) is 21.1 Å². The van der Waals surface area contributed by atoms with Gasteiger partial charge in [0.2, 0.25) is 5.54 Å². The Hall–Kier alpha value is -1.95. The molecule has 0 aromatic rings. The van der Waals surface area contributed by atoms with E-state index in [0.29, 0.717) is 0 Å². The van der Waals surface area contributed by atoms with Gasteiger partial charge in [0, 0.05) is 17.6 Å². The fourth-order valence-electron chi connectivity index (χ4n) is 1.94. The number of carbonyl (C=O) groups is 3. The van der Waals surface area contributed by atoms with E-state index in [1.54, 1.807) is 28.1 Å². The maximum atomic E-state index is 11.8. The average molecular weight is 298 g/mol. The number of carboxylic acid groups (broad SMARTS) is 1. The molecule has 0 radical (unpaired) electrons. The number of aliphatic carboxylic acids is 1. The second-order valence-electron chi connectivity index (χ2n) is 5.88. The van der Waals surface area contributed by atoms with E-state index in [0.717, 1.165) is 0 Å². The van der Waals surface area contributed by atoms with E-state index in [-0.39, 0.29) is 22.1 Å². The molecule has 118 valence electrons. The third-order valence-electron chi connectivity index (χ3n) is 3.42. The number of carboxylic acids is 1. The second kappa shape index (κ2) is 6.67. The zero-order valence-electron chi connectivity index (χ0n) is 13.5. The highest BCUT2D eigenvalue weighted by molar-refractivity contribution is 6.01. The predicted molar refractivity (Wildman–Crippen MR) is 78.4 cm³/mol. The lowest BCUT2D eigenvalue weighted by molar-refractivity contribution is -0.906. The van der Waals surface area contributed by atoms with Crippen molar-refractivity contribution in [2.24, 2.45) is 0 Å². The van der Waals surface area contributed by atoms with E-state index in [1.165, 1.54) is 19.9 Å². The largest absolute Gasteiger partial charge is 0.476 e. The molecular formula is C15H24NO5+. The first-order valence-electron chi connectivity index (χ1n) is 6.55. The summed E-state index contributed by atoms with van der Waals surface area (Å²) in [7, 11) is 5.18. The lowest BCUT2D eigenvalue weighted by atomic mass is 9.90. The summed E-state index contributed by atoms with van der Waals surface area (Å²) in [5.74, 6) is -2.73. The highest BCUT2D eigenvalue weighted by Crippen LogP contribution is 2.27. The number of quaternary nitrogens is 1. The Balaban J connectivity index is 5.60. The Morgan fingerprint density at radius 1 is 1.19 bits per heavy atom. The molecular weight excluding hydrogens is 274 g/mol. The van der Waals surface area contributed by atoms with Gasteiger partial charge >= 0.3 is 17.9 Å². The van der Waals surface area contributed by atoms with E-state index in [9.17, 15) is 19.5 Å². The highest BCUT2D eigenvalue weighted by Gasteiger charge is 2.47. The van der Waals surface area contributed by atoms with E-state index in [2.05, 4.69) is 11.3 Å². The van der Waals surface area contributed by atoms with E-state index in [4.69, 9.17) is 0 Å². The van der Waals surface area contributed by atoms with Gasteiger partial charge in [-0.1, -0.05) is 13.5 Å². The number of likely N-dealkylation sites (N-methyl/N-ethyl adjacent to an activating group) is 1. The van der Waals surface area contributed by atoms with Gasteiger partial charge in [-0.3, -0.25) is 0 Å². The van der Waals surface area contributed by atoms with Crippen molar-refractivity contribution in [1.82, 2.24) is 0 Å². The van der Waals surface area contributed by atoms with Crippen LogP contribution in [0.1, 0.15) is 27.2 Å². The lowest BCUT2D eigenvalue weighted by Crippen LogP contribution is -2.60. The topological polar surface area (TPSA) is 80.7 Å². The van der Waals surface area contributed by atoms with Gasteiger partial charge in [-0.05, 0) is 19.9 Å². The number of carbonyl (C=O) groups excluding carboxylic acids is 2. The summed E-state index contributed by atoms with van der Waals surface area (Å²) in [5, 5.41) is 9.57. The Morgan fingerprint density at radius 2 is 1.67 bits per heavy atom. The smallest absolute Gasteiger partial charge is 0.370 e. The van der Waals surface area contributed by atoms with Crippen molar-refractivity contribution in [1.29, 1.82) is 0 Å². The molecule has 0 heterocycles. The monoisotopic (exact) mass is 298 g/mol. The van der Waals surface area contributed by atoms with Crippen molar-refractivity contribution in [3.8, 4) is 0 Å². The Morgan fingerprint density at radius 3 is 1.95 bits per heavy atom. The molecule has 0 spiro atoms. The minimum atomic E-state index is -1.28. The van der Waals surface area contributed by atoms with Gasteiger partial charge in [-0.15, -0.1) is 0 Å². The molecule has 0 fully saturated rings. The van der Waals surface area contributed by atoms with Crippen molar-refractivity contribution in [2.75, 3.05) is 21.1 Å². The number of rotatable bonds is 6. The van der Waals surface area contributed by atoms with Gasteiger partial charge in [0.1, 0.15) is 0 Å². The van der Waals surface area contributed by atoms with Gasteiger partial charge in [-0.25, -0.2) is 14.4 Å². The molecule has 0 saturated heterocycles. The molecule has 0 aliphatic heterocycles. The SMILES string of the molecule is C=C(C)C(=O)OC(=O)C(C)=CC(CC)(C(=O)O)[N+](C)(C)C. The van der Waals surface area contributed by atoms with Crippen LogP contribution in [0.25, 0.3) is 0 Å². The summed E-state index contributed by atoms with van der Waals surface area (Å²) in [6.07, 6.45) is 1.63. The van der Waals surface area contributed by atoms with Gasteiger partial charge in [0.15, 0.2) is 0 Å². The van der Waals surface area contributed by atoms with E-state index >= 15 is 0 Å². The first kappa shape index (κ1) is 19.1. The molecule has 0 aromatic carbocycles. The molecule has 0 saturated carbocycles. The molecule has 6 nitrogen and oxygen atoms in total. The third-order valence-corrected chi connectivity index (χ3v) is 3.42. The van der Waals surface area contributed by atoms with E-state index in [1.807, 2.05) is 0 Å². The average Bonchev–Trinajstić information content (AvgIpc) is 2.33. The van der Waals surface area contributed by atoms with Crippen LogP contribution in [-0.4, -0.2) is 54.2 Å². The molecule has 21 heavy (non-hydrogen) atoms. The molecule has 0 aliphatic rings. The second-order valence-corrected chi connectivity index (χ2v) is 5.88. The van der Waals surface area contributed by atoms with Crippen LogP contribution in [-0.2, 0) is 19.1 Å². The molecule has 1 atom stereocenters. The van der Waals surface area contributed by atoms with Crippen LogP contribution >= 0.6 is 0 Å². The minimum absolute atomic E-state index is 0.0712. The summed E-state index contributed by atoms with van der Waals surface area (Å²) in [4.78, 5) is 34.9. The summed E-state index contributed by atoms with van der Waals surface area (Å²) in [6, 6.07) is 0. The highest BCUT2D eigenvalue weighted by atomic mass is 16.6.